The first-order valence-electron chi connectivity index (χ1n) is 6.58. The van der Waals surface area contributed by atoms with Crippen LogP contribution in [0.5, 0.6) is 11.5 Å². The molecule has 0 aliphatic heterocycles. The van der Waals surface area contributed by atoms with Crippen molar-refractivity contribution in [2.24, 2.45) is 0 Å². The first kappa shape index (κ1) is 16.7. The number of carbonyl (C=O) groups is 1. The fraction of sp³-hybridized carbons (Fsp3) is 0.188. The Kier molecular flexibility index (Phi) is 4.49. The number of phenols is 1. The minimum absolute atomic E-state index is 0.176. The number of aromatic hydroxyl groups is 1. The summed E-state index contributed by atoms with van der Waals surface area (Å²) in [4.78, 5) is 13.2. The van der Waals surface area contributed by atoms with Crippen molar-refractivity contribution in [3.63, 3.8) is 0 Å². The molecule has 0 aliphatic rings. The second kappa shape index (κ2) is 6.20. The third-order valence-electron chi connectivity index (χ3n) is 3.05. The zero-order valence-electron chi connectivity index (χ0n) is 12.4. The van der Waals surface area contributed by atoms with Gasteiger partial charge in [0.1, 0.15) is 11.5 Å². The largest absolute Gasteiger partial charge is 0.573 e. The highest BCUT2D eigenvalue weighted by atomic mass is 19.4. The lowest BCUT2D eigenvalue weighted by Crippen LogP contribution is -2.21. The van der Waals surface area contributed by atoms with Crippen LogP contribution >= 0.6 is 0 Å². The van der Waals surface area contributed by atoms with E-state index >= 15 is 0 Å². The summed E-state index contributed by atoms with van der Waals surface area (Å²) in [6.07, 6.45) is -4.81. The fourth-order valence-corrected chi connectivity index (χ4v) is 1.99. The summed E-state index contributed by atoms with van der Waals surface area (Å²) in [6.45, 7) is 0. The third-order valence-corrected chi connectivity index (χ3v) is 3.05. The average Bonchev–Trinajstić information content (AvgIpc) is 2.47. The van der Waals surface area contributed by atoms with Crippen LogP contribution in [0.2, 0.25) is 0 Å². The molecule has 0 radical (unpaired) electrons. The van der Waals surface area contributed by atoms with Crippen LogP contribution < -0.4 is 4.74 Å². The van der Waals surface area contributed by atoms with Crippen LogP contribution in [-0.4, -0.2) is 36.4 Å². The molecule has 0 unspecified atom stereocenters. The molecule has 23 heavy (non-hydrogen) atoms. The molecule has 0 aromatic heterocycles. The molecule has 0 heterocycles. The molecule has 7 heteroatoms. The van der Waals surface area contributed by atoms with Gasteiger partial charge in [0.25, 0.3) is 5.91 Å². The number of ether oxygens (including phenoxy) is 1. The molecule has 2 rings (SSSR count). The van der Waals surface area contributed by atoms with Crippen molar-refractivity contribution < 1.29 is 27.8 Å². The summed E-state index contributed by atoms with van der Waals surface area (Å²) in [5.74, 6) is -0.820. The molecule has 0 spiro atoms. The monoisotopic (exact) mass is 325 g/mol. The molecular weight excluding hydrogens is 311 g/mol. The zero-order chi connectivity index (χ0) is 17.2. The number of halogens is 3. The summed E-state index contributed by atoms with van der Waals surface area (Å²) < 4.78 is 40.6. The SMILES string of the molecule is CN(C)C(=O)c1ccc(-c2cc(OC(F)(F)F)ccc2O)cc1. The van der Waals surface area contributed by atoms with Gasteiger partial charge in [-0.2, -0.15) is 0 Å². The van der Waals surface area contributed by atoms with E-state index in [0.717, 1.165) is 18.2 Å². The van der Waals surface area contributed by atoms with Gasteiger partial charge in [-0.1, -0.05) is 12.1 Å². The van der Waals surface area contributed by atoms with Gasteiger partial charge in [0.2, 0.25) is 0 Å². The standard InChI is InChI=1S/C16H14F3NO3/c1-20(2)15(22)11-5-3-10(4-6-11)13-9-12(7-8-14(13)21)23-16(17,18)19/h3-9,21H,1-2H3. The maximum atomic E-state index is 12.3. The van der Waals surface area contributed by atoms with Gasteiger partial charge in [-0.25, -0.2) is 0 Å². The highest BCUT2D eigenvalue weighted by Gasteiger charge is 2.31. The maximum absolute atomic E-state index is 12.3. The second-order valence-electron chi connectivity index (χ2n) is 5.00. The molecule has 1 N–H and O–H groups in total. The normalized spacial score (nSPS) is 11.2. The summed E-state index contributed by atoms with van der Waals surface area (Å²) in [5, 5.41) is 9.84. The predicted octanol–water partition coefficient (Wildman–Crippen LogP) is 3.66. The van der Waals surface area contributed by atoms with Crippen LogP contribution in [0.15, 0.2) is 42.5 Å². The first-order chi connectivity index (χ1) is 10.7. The number of hydrogen-bond donors (Lipinski definition) is 1. The van der Waals surface area contributed by atoms with Crippen LogP contribution in [0.3, 0.4) is 0 Å². The van der Waals surface area contributed by atoms with Crippen molar-refractivity contribution in [2.45, 2.75) is 6.36 Å². The molecular formula is C16H14F3NO3. The van der Waals surface area contributed by atoms with Gasteiger partial charge in [-0.15, -0.1) is 13.2 Å². The molecule has 0 fully saturated rings. The lowest BCUT2D eigenvalue weighted by Gasteiger charge is -2.13. The van der Waals surface area contributed by atoms with E-state index in [2.05, 4.69) is 4.74 Å². The number of hydrogen-bond acceptors (Lipinski definition) is 3. The van der Waals surface area contributed by atoms with E-state index in [4.69, 9.17) is 0 Å². The van der Waals surface area contributed by atoms with Crippen molar-refractivity contribution in [3.8, 4) is 22.6 Å². The Morgan fingerprint density at radius 2 is 1.70 bits per heavy atom. The first-order valence-corrected chi connectivity index (χ1v) is 6.58. The fourth-order valence-electron chi connectivity index (χ4n) is 1.99. The quantitative estimate of drug-likeness (QED) is 0.937. The summed E-state index contributed by atoms with van der Waals surface area (Å²) in [6, 6.07) is 9.40. The van der Waals surface area contributed by atoms with Gasteiger partial charge in [0, 0.05) is 25.2 Å². The topological polar surface area (TPSA) is 49.8 Å². The Bertz CT molecular complexity index is 710. The Morgan fingerprint density at radius 1 is 1.09 bits per heavy atom. The predicted molar refractivity (Wildman–Crippen MR) is 78.2 cm³/mol. The van der Waals surface area contributed by atoms with Crippen molar-refractivity contribution in [3.05, 3.63) is 48.0 Å². The minimum atomic E-state index is -4.81. The van der Waals surface area contributed by atoms with Crippen molar-refractivity contribution in [1.82, 2.24) is 4.90 Å². The zero-order valence-corrected chi connectivity index (χ0v) is 12.4. The van der Waals surface area contributed by atoms with Crippen LogP contribution in [0.4, 0.5) is 13.2 Å². The number of carbonyl (C=O) groups excluding carboxylic acids is 1. The number of rotatable bonds is 3. The lowest BCUT2D eigenvalue weighted by atomic mass is 10.0. The van der Waals surface area contributed by atoms with Crippen molar-refractivity contribution in [2.75, 3.05) is 14.1 Å². The molecule has 1 amide bonds. The molecule has 0 aliphatic carbocycles. The average molecular weight is 325 g/mol. The van der Waals surface area contributed by atoms with E-state index in [9.17, 15) is 23.1 Å². The molecule has 0 bridgehead atoms. The number of amides is 1. The third kappa shape index (κ3) is 4.15. The van der Waals surface area contributed by atoms with E-state index < -0.39 is 12.1 Å². The van der Waals surface area contributed by atoms with Crippen molar-refractivity contribution in [1.29, 1.82) is 0 Å². The summed E-state index contributed by atoms with van der Waals surface area (Å²) in [5.41, 5.74) is 1.07. The van der Waals surface area contributed by atoms with Gasteiger partial charge in [0.15, 0.2) is 0 Å². The van der Waals surface area contributed by atoms with E-state index in [-0.39, 0.29) is 17.2 Å². The van der Waals surface area contributed by atoms with Gasteiger partial charge in [-0.05, 0) is 35.9 Å². The van der Waals surface area contributed by atoms with E-state index in [0.29, 0.717) is 11.1 Å². The molecule has 0 saturated carbocycles. The number of nitrogens with zero attached hydrogens (tertiary/aromatic N) is 1. The van der Waals surface area contributed by atoms with Gasteiger partial charge in [-0.3, -0.25) is 4.79 Å². The van der Waals surface area contributed by atoms with Gasteiger partial charge < -0.3 is 14.7 Å². The summed E-state index contributed by atoms with van der Waals surface area (Å²) >= 11 is 0. The highest BCUT2D eigenvalue weighted by Crippen LogP contribution is 2.34. The molecule has 4 nitrogen and oxygen atoms in total. The second-order valence-corrected chi connectivity index (χ2v) is 5.00. The Labute approximate surface area is 130 Å². The highest BCUT2D eigenvalue weighted by molar-refractivity contribution is 5.94. The Morgan fingerprint density at radius 3 is 2.22 bits per heavy atom. The smallest absolute Gasteiger partial charge is 0.507 e. The van der Waals surface area contributed by atoms with E-state index in [1.54, 1.807) is 26.2 Å². The van der Waals surface area contributed by atoms with E-state index in [1.165, 1.54) is 17.0 Å². The molecule has 2 aromatic rings. The molecule has 2 aromatic carbocycles. The van der Waals surface area contributed by atoms with Gasteiger partial charge in [0.05, 0.1) is 0 Å². The minimum Gasteiger partial charge on any atom is -0.507 e. The molecule has 0 atom stereocenters. The number of benzene rings is 2. The van der Waals surface area contributed by atoms with Crippen LogP contribution in [0.1, 0.15) is 10.4 Å². The Balaban J connectivity index is 2.34. The van der Waals surface area contributed by atoms with Crippen molar-refractivity contribution >= 4 is 5.91 Å². The molecule has 0 saturated heterocycles. The van der Waals surface area contributed by atoms with E-state index in [1.807, 2.05) is 0 Å². The molecule has 122 valence electrons. The Hall–Kier alpha value is -2.70. The number of alkyl halides is 3. The number of phenolic OH excluding ortho intramolecular Hbond substituents is 1. The van der Waals surface area contributed by atoms with Crippen LogP contribution in [0, 0.1) is 0 Å². The lowest BCUT2D eigenvalue weighted by molar-refractivity contribution is -0.274. The summed E-state index contributed by atoms with van der Waals surface area (Å²) in [7, 11) is 3.22. The van der Waals surface area contributed by atoms with Crippen LogP contribution in [-0.2, 0) is 0 Å². The maximum Gasteiger partial charge on any atom is 0.573 e. The van der Waals surface area contributed by atoms with Gasteiger partial charge >= 0.3 is 6.36 Å². The van der Waals surface area contributed by atoms with Crippen LogP contribution in [0.25, 0.3) is 11.1 Å².